The van der Waals surface area contributed by atoms with E-state index < -0.39 is 0 Å². The van der Waals surface area contributed by atoms with E-state index in [1.807, 2.05) is 9.80 Å². The zero-order valence-corrected chi connectivity index (χ0v) is 14.9. The number of nitrogens with one attached hydrogen (secondary N) is 1. The minimum Gasteiger partial charge on any atom is -0.448 e. The summed E-state index contributed by atoms with van der Waals surface area (Å²) in [5, 5.41) is 0. The summed E-state index contributed by atoms with van der Waals surface area (Å²) >= 11 is 0. The van der Waals surface area contributed by atoms with Crippen LogP contribution >= 0.6 is 0 Å². The first-order valence-electron chi connectivity index (χ1n) is 9.09. The lowest BCUT2D eigenvalue weighted by Crippen LogP contribution is -2.57. The highest BCUT2D eigenvalue weighted by atomic mass is 16.3. The molecule has 0 radical (unpaired) electrons. The lowest BCUT2D eigenvalue weighted by atomic mass is 9.83. The van der Waals surface area contributed by atoms with E-state index in [1.54, 1.807) is 19.4 Å². The maximum Gasteiger partial charge on any atom is 0.276 e. The number of hydrogen-bond donors (Lipinski definition) is 1. The Labute approximate surface area is 151 Å². The van der Waals surface area contributed by atoms with Crippen LogP contribution in [0.1, 0.15) is 41.2 Å². The molecule has 4 rings (SSSR count). The lowest BCUT2D eigenvalue weighted by molar-refractivity contribution is -0.140. The van der Waals surface area contributed by atoms with E-state index in [0.29, 0.717) is 43.4 Å². The normalized spacial score (nSPS) is 23.2. The average Bonchev–Trinajstić information content (AvgIpc) is 3.31. The van der Waals surface area contributed by atoms with Gasteiger partial charge in [-0.05, 0) is 25.7 Å². The van der Waals surface area contributed by atoms with Crippen molar-refractivity contribution in [1.82, 2.24) is 24.8 Å². The first kappa shape index (κ1) is 16.8. The van der Waals surface area contributed by atoms with E-state index in [-0.39, 0.29) is 17.9 Å². The number of aromatic amines is 1. The second-order valence-corrected chi connectivity index (χ2v) is 7.08. The third-order valence-corrected chi connectivity index (χ3v) is 5.55. The van der Waals surface area contributed by atoms with E-state index in [2.05, 4.69) is 15.0 Å². The van der Waals surface area contributed by atoms with Crippen molar-refractivity contribution in [2.45, 2.75) is 38.6 Å². The van der Waals surface area contributed by atoms with Gasteiger partial charge in [0.2, 0.25) is 5.91 Å². The predicted octanol–water partition coefficient (Wildman–Crippen LogP) is 1.40. The number of imidazole rings is 1. The summed E-state index contributed by atoms with van der Waals surface area (Å²) in [6.07, 6.45) is 7.74. The van der Waals surface area contributed by atoms with Crippen LogP contribution in [0, 0.1) is 12.8 Å². The molecule has 4 heterocycles. The molecule has 1 N–H and O–H groups in total. The number of nitrogens with zero attached hydrogens (tertiary/aromatic N) is 4. The van der Waals surface area contributed by atoms with Crippen LogP contribution in [0.5, 0.6) is 0 Å². The summed E-state index contributed by atoms with van der Waals surface area (Å²) < 4.78 is 5.16. The number of aromatic nitrogens is 3. The van der Waals surface area contributed by atoms with Gasteiger partial charge >= 0.3 is 0 Å². The highest BCUT2D eigenvalue weighted by Gasteiger charge is 2.40. The second-order valence-electron chi connectivity index (χ2n) is 7.08. The molecule has 0 aliphatic carbocycles. The quantitative estimate of drug-likeness (QED) is 0.892. The van der Waals surface area contributed by atoms with Crippen LogP contribution in [0.4, 0.5) is 0 Å². The number of fused-ring (bicyclic) bond motifs is 1. The van der Waals surface area contributed by atoms with Crippen LogP contribution in [-0.2, 0) is 11.2 Å². The molecular formula is C18H23N5O3. The molecule has 2 fully saturated rings. The molecule has 2 aromatic heterocycles. The molecule has 2 saturated heterocycles. The van der Waals surface area contributed by atoms with Gasteiger partial charge in [-0.2, -0.15) is 0 Å². The Morgan fingerprint density at radius 2 is 2.31 bits per heavy atom. The molecule has 2 amide bonds. The molecule has 0 spiro atoms. The molecule has 0 saturated carbocycles. The van der Waals surface area contributed by atoms with Gasteiger partial charge in [0.1, 0.15) is 5.76 Å². The molecule has 138 valence electrons. The smallest absolute Gasteiger partial charge is 0.276 e. The van der Waals surface area contributed by atoms with Gasteiger partial charge < -0.3 is 19.2 Å². The molecule has 0 aromatic carbocycles. The van der Waals surface area contributed by atoms with Crippen molar-refractivity contribution >= 4 is 11.8 Å². The van der Waals surface area contributed by atoms with E-state index in [9.17, 15) is 9.59 Å². The Balaban J connectivity index is 1.42. The lowest BCUT2D eigenvalue weighted by Gasteiger charge is -2.47. The SMILES string of the molecule is Cc1ocnc1C(=O)N1CC[C@@H]2[C@@H](CCC(=O)N2CCc2cnc[nH]2)C1. The van der Waals surface area contributed by atoms with Gasteiger partial charge in [-0.15, -0.1) is 0 Å². The standard InChI is InChI=1S/C18H23N5O3/c1-12-17(21-11-26-12)18(25)22-6-5-15-13(9-22)2-3-16(24)23(15)7-4-14-8-19-10-20-14/h8,10-11,13,15H,2-7,9H2,1H3,(H,19,20)/t13-,15+/m0/s1. The fourth-order valence-electron chi connectivity index (χ4n) is 4.15. The molecule has 2 aliphatic rings. The molecule has 0 bridgehead atoms. The largest absolute Gasteiger partial charge is 0.448 e. The highest BCUT2D eigenvalue weighted by molar-refractivity contribution is 5.93. The summed E-state index contributed by atoms with van der Waals surface area (Å²) in [7, 11) is 0. The fraction of sp³-hybridized carbons (Fsp3) is 0.556. The van der Waals surface area contributed by atoms with Crippen LogP contribution in [0.3, 0.4) is 0 Å². The third-order valence-electron chi connectivity index (χ3n) is 5.55. The minimum absolute atomic E-state index is 0.0735. The first-order valence-corrected chi connectivity index (χ1v) is 9.09. The number of oxazole rings is 1. The number of carbonyl (C=O) groups is 2. The fourth-order valence-corrected chi connectivity index (χ4v) is 4.15. The monoisotopic (exact) mass is 357 g/mol. The number of aryl methyl sites for hydroxylation is 1. The number of hydrogen-bond acceptors (Lipinski definition) is 5. The van der Waals surface area contributed by atoms with Crippen LogP contribution < -0.4 is 0 Å². The average molecular weight is 357 g/mol. The van der Waals surface area contributed by atoms with Crippen molar-refractivity contribution in [3.05, 3.63) is 36.1 Å². The van der Waals surface area contributed by atoms with Crippen molar-refractivity contribution < 1.29 is 14.0 Å². The Morgan fingerprint density at radius 1 is 1.42 bits per heavy atom. The van der Waals surface area contributed by atoms with Gasteiger partial charge in [-0.3, -0.25) is 9.59 Å². The van der Waals surface area contributed by atoms with Crippen molar-refractivity contribution in [1.29, 1.82) is 0 Å². The molecule has 2 atom stereocenters. The Bertz CT molecular complexity index is 785. The molecule has 26 heavy (non-hydrogen) atoms. The maximum atomic E-state index is 12.7. The van der Waals surface area contributed by atoms with Gasteiger partial charge in [0, 0.05) is 50.4 Å². The van der Waals surface area contributed by atoms with E-state index in [0.717, 1.165) is 25.0 Å². The van der Waals surface area contributed by atoms with Gasteiger partial charge in [0.05, 0.1) is 6.33 Å². The Morgan fingerprint density at radius 3 is 3.04 bits per heavy atom. The Hall–Kier alpha value is -2.64. The summed E-state index contributed by atoms with van der Waals surface area (Å²) in [6.45, 7) is 3.76. The molecule has 0 unspecified atom stereocenters. The molecule has 2 aliphatic heterocycles. The molecule has 2 aromatic rings. The minimum atomic E-state index is -0.0735. The van der Waals surface area contributed by atoms with Gasteiger partial charge in [0.25, 0.3) is 5.91 Å². The highest BCUT2D eigenvalue weighted by Crippen LogP contribution is 2.32. The van der Waals surface area contributed by atoms with Gasteiger partial charge in [0.15, 0.2) is 12.1 Å². The van der Waals surface area contributed by atoms with Gasteiger partial charge in [-0.1, -0.05) is 0 Å². The maximum absolute atomic E-state index is 12.7. The topological polar surface area (TPSA) is 95.3 Å². The number of piperidine rings is 2. The number of H-pyrrole nitrogens is 1. The second kappa shape index (κ2) is 6.93. The van der Waals surface area contributed by atoms with Crippen molar-refractivity contribution in [2.75, 3.05) is 19.6 Å². The summed E-state index contributed by atoms with van der Waals surface area (Å²) in [5.74, 6) is 1.02. The Kier molecular flexibility index (Phi) is 4.48. The molecular weight excluding hydrogens is 334 g/mol. The van der Waals surface area contributed by atoms with Crippen molar-refractivity contribution in [2.24, 2.45) is 5.92 Å². The van der Waals surface area contributed by atoms with Crippen LogP contribution in [0.15, 0.2) is 23.3 Å². The van der Waals surface area contributed by atoms with Crippen LogP contribution in [-0.4, -0.2) is 62.2 Å². The van der Waals surface area contributed by atoms with E-state index >= 15 is 0 Å². The van der Waals surface area contributed by atoms with Crippen LogP contribution in [0.2, 0.25) is 0 Å². The summed E-state index contributed by atoms with van der Waals surface area (Å²) in [4.78, 5) is 40.2. The molecule has 8 heteroatoms. The number of likely N-dealkylation sites (tertiary alicyclic amines) is 2. The summed E-state index contributed by atoms with van der Waals surface area (Å²) in [6, 6.07) is 0.210. The predicted molar refractivity (Wildman–Crippen MR) is 92.3 cm³/mol. The van der Waals surface area contributed by atoms with Crippen LogP contribution in [0.25, 0.3) is 0 Å². The number of rotatable bonds is 4. The van der Waals surface area contributed by atoms with Crippen molar-refractivity contribution in [3.63, 3.8) is 0 Å². The first-order chi connectivity index (χ1) is 12.6. The van der Waals surface area contributed by atoms with E-state index in [4.69, 9.17) is 4.42 Å². The molecule has 8 nitrogen and oxygen atoms in total. The van der Waals surface area contributed by atoms with Gasteiger partial charge in [-0.25, -0.2) is 9.97 Å². The number of carbonyl (C=O) groups excluding carboxylic acids is 2. The third kappa shape index (κ3) is 3.11. The zero-order chi connectivity index (χ0) is 18.1. The zero-order valence-electron chi connectivity index (χ0n) is 14.9. The van der Waals surface area contributed by atoms with Crippen molar-refractivity contribution in [3.8, 4) is 0 Å². The number of amides is 2. The summed E-state index contributed by atoms with van der Waals surface area (Å²) in [5.41, 5.74) is 1.43. The van der Waals surface area contributed by atoms with E-state index in [1.165, 1.54) is 6.39 Å².